The standard InChI is InChI=1S/C15H27BO4/c1-13(2,3)18-12(17)10-8-9-11-16-19-14(4,5)15(6,7)20-16/h9,11H,8,10H2,1-7H3/b11-9+. The molecular formula is C15H27BO4. The summed E-state index contributed by atoms with van der Waals surface area (Å²) in [6, 6.07) is 0. The Morgan fingerprint density at radius 2 is 1.65 bits per heavy atom. The third-order valence-corrected chi connectivity index (χ3v) is 3.50. The molecule has 1 aliphatic heterocycles. The first-order valence-corrected chi connectivity index (χ1v) is 7.17. The molecule has 4 nitrogen and oxygen atoms in total. The predicted molar refractivity (Wildman–Crippen MR) is 80.3 cm³/mol. The molecule has 0 bridgehead atoms. The first-order valence-electron chi connectivity index (χ1n) is 7.17. The Kier molecular flexibility index (Phi) is 5.09. The van der Waals surface area contributed by atoms with Gasteiger partial charge >= 0.3 is 13.1 Å². The fourth-order valence-corrected chi connectivity index (χ4v) is 1.77. The van der Waals surface area contributed by atoms with Crippen LogP contribution >= 0.6 is 0 Å². The van der Waals surface area contributed by atoms with Gasteiger partial charge in [-0.25, -0.2) is 0 Å². The van der Waals surface area contributed by atoms with Gasteiger partial charge in [-0.05, 0) is 54.9 Å². The molecule has 1 rings (SSSR count). The minimum absolute atomic E-state index is 0.184. The van der Waals surface area contributed by atoms with Gasteiger partial charge in [0.25, 0.3) is 0 Å². The fraction of sp³-hybridized carbons (Fsp3) is 0.800. The van der Waals surface area contributed by atoms with Gasteiger partial charge in [-0.1, -0.05) is 12.1 Å². The van der Waals surface area contributed by atoms with Gasteiger partial charge in [0.05, 0.1) is 11.2 Å². The predicted octanol–water partition coefficient (Wildman–Crippen LogP) is 3.30. The Morgan fingerprint density at radius 1 is 1.15 bits per heavy atom. The molecule has 0 spiro atoms. The maximum absolute atomic E-state index is 11.5. The molecule has 0 radical (unpaired) electrons. The van der Waals surface area contributed by atoms with E-state index < -0.39 is 5.60 Å². The van der Waals surface area contributed by atoms with Crippen molar-refractivity contribution in [3.8, 4) is 0 Å². The fourth-order valence-electron chi connectivity index (χ4n) is 1.77. The summed E-state index contributed by atoms with van der Waals surface area (Å²) in [6.07, 6.45) is 2.90. The molecule has 1 aliphatic rings. The molecule has 5 heteroatoms. The van der Waals surface area contributed by atoms with Gasteiger partial charge in [0.15, 0.2) is 0 Å². The topological polar surface area (TPSA) is 44.8 Å². The summed E-state index contributed by atoms with van der Waals surface area (Å²) in [7, 11) is -0.348. The Balaban J connectivity index is 2.35. The van der Waals surface area contributed by atoms with Crippen LogP contribution in [0.4, 0.5) is 0 Å². The van der Waals surface area contributed by atoms with Crippen LogP contribution in [-0.2, 0) is 18.8 Å². The summed E-state index contributed by atoms with van der Waals surface area (Å²) < 4.78 is 16.9. The van der Waals surface area contributed by atoms with Gasteiger partial charge in [-0.2, -0.15) is 0 Å². The van der Waals surface area contributed by atoms with Crippen molar-refractivity contribution in [3.63, 3.8) is 0 Å². The Hall–Kier alpha value is -0.805. The number of rotatable bonds is 4. The summed E-state index contributed by atoms with van der Waals surface area (Å²) in [5.74, 6) is 1.68. The van der Waals surface area contributed by atoms with Crippen molar-refractivity contribution in [1.82, 2.24) is 0 Å². The highest BCUT2D eigenvalue weighted by atomic mass is 16.7. The summed E-state index contributed by atoms with van der Waals surface area (Å²) in [6.45, 7) is 13.7. The summed E-state index contributed by atoms with van der Waals surface area (Å²) >= 11 is 0. The lowest BCUT2D eigenvalue weighted by atomic mass is 9.89. The number of hydrogen-bond donors (Lipinski definition) is 0. The van der Waals surface area contributed by atoms with Crippen molar-refractivity contribution in [2.24, 2.45) is 0 Å². The normalized spacial score (nSPS) is 21.4. The summed E-state index contributed by atoms with van der Waals surface area (Å²) in [5, 5.41) is 0. The highest BCUT2D eigenvalue weighted by Crippen LogP contribution is 2.36. The molecule has 0 N–H and O–H groups in total. The lowest BCUT2D eigenvalue weighted by Gasteiger charge is -2.32. The zero-order chi connectivity index (χ0) is 15.6. The van der Waals surface area contributed by atoms with Crippen molar-refractivity contribution in [3.05, 3.63) is 12.1 Å². The molecule has 20 heavy (non-hydrogen) atoms. The van der Waals surface area contributed by atoms with Crippen molar-refractivity contribution in [2.45, 2.75) is 78.1 Å². The average Bonchev–Trinajstić information content (AvgIpc) is 2.40. The molecule has 114 valence electrons. The zero-order valence-corrected chi connectivity index (χ0v) is 13.8. The molecule has 0 aromatic carbocycles. The van der Waals surface area contributed by atoms with Crippen LogP contribution in [0.25, 0.3) is 0 Å². The lowest BCUT2D eigenvalue weighted by Crippen LogP contribution is -2.41. The highest BCUT2D eigenvalue weighted by Gasteiger charge is 2.49. The molecule has 0 aromatic rings. The van der Waals surface area contributed by atoms with Gasteiger partial charge in [0.1, 0.15) is 5.60 Å². The van der Waals surface area contributed by atoms with Crippen molar-refractivity contribution >= 4 is 13.1 Å². The number of ether oxygens (including phenoxy) is 1. The molecule has 0 aliphatic carbocycles. The van der Waals surface area contributed by atoms with Crippen LogP contribution in [-0.4, -0.2) is 29.9 Å². The van der Waals surface area contributed by atoms with E-state index in [4.69, 9.17) is 14.0 Å². The number of esters is 1. The second-order valence-electron chi connectivity index (χ2n) is 7.18. The van der Waals surface area contributed by atoms with E-state index in [-0.39, 0.29) is 24.3 Å². The zero-order valence-electron chi connectivity index (χ0n) is 13.8. The Bertz CT molecular complexity index is 364. The van der Waals surface area contributed by atoms with E-state index >= 15 is 0 Å². The van der Waals surface area contributed by atoms with Crippen LogP contribution < -0.4 is 0 Å². The van der Waals surface area contributed by atoms with E-state index in [1.807, 2.05) is 60.5 Å². The van der Waals surface area contributed by atoms with Gasteiger partial charge in [-0.3, -0.25) is 4.79 Å². The molecule has 1 heterocycles. The monoisotopic (exact) mass is 282 g/mol. The summed E-state index contributed by atoms with van der Waals surface area (Å²) in [4.78, 5) is 11.5. The van der Waals surface area contributed by atoms with E-state index in [0.29, 0.717) is 12.8 Å². The largest absolute Gasteiger partial charge is 0.486 e. The number of carbonyl (C=O) groups excluding carboxylic acids is 1. The van der Waals surface area contributed by atoms with E-state index in [1.54, 1.807) is 0 Å². The highest BCUT2D eigenvalue weighted by molar-refractivity contribution is 6.51. The maximum atomic E-state index is 11.5. The minimum atomic E-state index is -0.424. The summed E-state index contributed by atoms with van der Waals surface area (Å²) in [5.41, 5.74) is -1.08. The minimum Gasteiger partial charge on any atom is -0.460 e. The molecule has 0 unspecified atom stereocenters. The van der Waals surface area contributed by atoms with Crippen LogP contribution in [0.15, 0.2) is 12.1 Å². The third kappa shape index (κ3) is 4.95. The van der Waals surface area contributed by atoms with Crippen molar-refractivity contribution in [2.75, 3.05) is 0 Å². The Labute approximate surface area is 123 Å². The van der Waals surface area contributed by atoms with Crippen molar-refractivity contribution < 1.29 is 18.8 Å². The molecule has 0 atom stereocenters. The van der Waals surface area contributed by atoms with Gasteiger partial charge in [0.2, 0.25) is 0 Å². The number of carbonyl (C=O) groups is 1. The molecular weight excluding hydrogens is 255 g/mol. The smallest absolute Gasteiger partial charge is 0.460 e. The lowest BCUT2D eigenvalue weighted by molar-refractivity contribution is -0.154. The molecule has 1 fully saturated rings. The molecule has 0 saturated carbocycles. The first kappa shape index (κ1) is 17.2. The van der Waals surface area contributed by atoms with E-state index in [9.17, 15) is 4.79 Å². The van der Waals surface area contributed by atoms with Gasteiger partial charge in [0, 0.05) is 6.42 Å². The number of hydrogen-bond acceptors (Lipinski definition) is 4. The van der Waals surface area contributed by atoms with Crippen LogP contribution in [0.2, 0.25) is 0 Å². The van der Waals surface area contributed by atoms with Crippen LogP contribution in [0.1, 0.15) is 61.3 Å². The second kappa shape index (κ2) is 5.90. The van der Waals surface area contributed by atoms with Crippen LogP contribution in [0.3, 0.4) is 0 Å². The van der Waals surface area contributed by atoms with E-state index in [0.717, 1.165) is 0 Å². The number of allylic oxidation sites excluding steroid dienone is 1. The van der Waals surface area contributed by atoms with E-state index in [2.05, 4.69) is 0 Å². The molecule has 0 aromatic heterocycles. The second-order valence-corrected chi connectivity index (χ2v) is 7.18. The SMILES string of the molecule is CC(C)(C)OC(=O)CC/C=C/B1OC(C)(C)C(C)(C)O1. The van der Waals surface area contributed by atoms with Crippen LogP contribution in [0.5, 0.6) is 0 Å². The Morgan fingerprint density at radius 3 is 2.10 bits per heavy atom. The van der Waals surface area contributed by atoms with Gasteiger partial charge < -0.3 is 14.0 Å². The quantitative estimate of drug-likeness (QED) is 0.586. The third-order valence-electron chi connectivity index (χ3n) is 3.50. The van der Waals surface area contributed by atoms with Gasteiger partial charge in [-0.15, -0.1) is 0 Å². The molecule has 0 amide bonds. The maximum Gasteiger partial charge on any atom is 0.486 e. The van der Waals surface area contributed by atoms with Crippen LogP contribution in [0, 0.1) is 0 Å². The molecule has 1 saturated heterocycles. The average molecular weight is 282 g/mol. The van der Waals surface area contributed by atoms with Crippen molar-refractivity contribution in [1.29, 1.82) is 0 Å². The first-order chi connectivity index (χ1) is 8.93. The van der Waals surface area contributed by atoms with E-state index in [1.165, 1.54) is 0 Å².